The molecular formula is C17H18FNO3S. The van der Waals surface area contributed by atoms with Crippen molar-refractivity contribution >= 4 is 15.7 Å². The molecule has 122 valence electrons. The average Bonchev–Trinajstić information content (AvgIpc) is 2.48. The maximum absolute atomic E-state index is 12.8. The van der Waals surface area contributed by atoms with Crippen LogP contribution in [0.3, 0.4) is 0 Å². The molecule has 0 unspecified atom stereocenters. The predicted octanol–water partition coefficient (Wildman–Crippen LogP) is 2.34. The summed E-state index contributed by atoms with van der Waals surface area (Å²) in [5.74, 6) is -0.646. The first-order valence-corrected chi connectivity index (χ1v) is 9.19. The molecule has 6 heteroatoms. The lowest BCUT2D eigenvalue weighted by Gasteiger charge is -2.07. The van der Waals surface area contributed by atoms with Crippen LogP contribution in [-0.2, 0) is 22.0 Å². The monoisotopic (exact) mass is 335 g/mol. The highest BCUT2D eigenvalue weighted by Crippen LogP contribution is 2.09. The lowest BCUT2D eigenvalue weighted by molar-refractivity contribution is 0.0954. The van der Waals surface area contributed by atoms with Gasteiger partial charge in [-0.1, -0.05) is 24.3 Å². The van der Waals surface area contributed by atoms with Gasteiger partial charge in [-0.2, -0.15) is 0 Å². The number of hydrogen-bond acceptors (Lipinski definition) is 3. The summed E-state index contributed by atoms with van der Waals surface area (Å²) in [5, 5.41) is 2.77. The van der Waals surface area contributed by atoms with Gasteiger partial charge < -0.3 is 5.32 Å². The highest BCUT2D eigenvalue weighted by atomic mass is 32.2. The molecule has 0 heterocycles. The van der Waals surface area contributed by atoms with Gasteiger partial charge in [0.15, 0.2) is 9.84 Å². The second-order valence-electron chi connectivity index (χ2n) is 5.40. The third-order valence-corrected chi connectivity index (χ3v) is 4.09. The topological polar surface area (TPSA) is 63.2 Å². The second-order valence-corrected chi connectivity index (χ2v) is 7.54. The number of carbonyl (C=O) groups is 1. The Hall–Kier alpha value is -2.21. The van der Waals surface area contributed by atoms with Gasteiger partial charge >= 0.3 is 0 Å². The number of amides is 1. The summed E-state index contributed by atoms with van der Waals surface area (Å²) in [6.45, 7) is 0.417. The largest absolute Gasteiger partial charge is 0.352 e. The van der Waals surface area contributed by atoms with Gasteiger partial charge in [0.25, 0.3) is 5.91 Å². The van der Waals surface area contributed by atoms with Crippen molar-refractivity contribution in [3.05, 3.63) is 71.0 Å². The molecule has 0 aliphatic heterocycles. The highest BCUT2D eigenvalue weighted by Gasteiger charge is 2.09. The zero-order valence-corrected chi connectivity index (χ0v) is 13.6. The van der Waals surface area contributed by atoms with Crippen LogP contribution in [0.1, 0.15) is 21.5 Å². The molecule has 0 aliphatic rings. The number of rotatable bonds is 6. The number of hydrogen-bond donors (Lipinski definition) is 1. The van der Waals surface area contributed by atoms with Crippen molar-refractivity contribution in [3.8, 4) is 0 Å². The van der Waals surface area contributed by atoms with E-state index in [2.05, 4.69) is 5.32 Å². The molecule has 0 saturated carbocycles. The van der Waals surface area contributed by atoms with Crippen LogP contribution in [0, 0.1) is 5.82 Å². The van der Waals surface area contributed by atoms with Crippen LogP contribution in [0.5, 0.6) is 0 Å². The van der Waals surface area contributed by atoms with Crippen molar-refractivity contribution in [2.75, 3.05) is 12.8 Å². The Morgan fingerprint density at radius 3 is 2.43 bits per heavy atom. The SMILES string of the molecule is CS(=O)(=O)Cc1cccc(C(=O)NCCc2ccc(F)cc2)c1. The fourth-order valence-corrected chi connectivity index (χ4v) is 2.96. The summed E-state index contributed by atoms with van der Waals surface area (Å²) in [6.07, 6.45) is 1.75. The molecule has 2 aromatic rings. The van der Waals surface area contributed by atoms with Crippen molar-refractivity contribution in [1.82, 2.24) is 5.32 Å². The van der Waals surface area contributed by atoms with Crippen LogP contribution >= 0.6 is 0 Å². The fraction of sp³-hybridized carbons (Fsp3) is 0.235. The standard InChI is InChI=1S/C17H18FNO3S/c1-23(21,22)12-14-3-2-4-15(11-14)17(20)19-10-9-13-5-7-16(18)8-6-13/h2-8,11H,9-10,12H2,1H3,(H,19,20). The van der Waals surface area contributed by atoms with Crippen LogP contribution in [0.25, 0.3) is 0 Å². The van der Waals surface area contributed by atoms with Crippen LogP contribution in [-0.4, -0.2) is 27.1 Å². The van der Waals surface area contributed by atoms with E-state index in [9.17, 15) is 17.6 Å². The Morgan fingerprint density at radius 1 is 1.09 bits per heavy atom. The van der Waals surface area contributed by atoms with E-state index >= 15 is 0 Å². The smallest absolute Gasteiger partial charge is 0.251 e. The van der Waals surface area contributed by atoms with Gasteiger partial charge in [0.2, 0.25) is 0 Å². The van der Waals surface area contributed by atoms with Crippen LogP contribution < -0.4 is 5.32 Å². The van der Waals surface area contributed by atoms with E-state index in [1.807, 2.05) is 0 Å². The summed E-state index contributed by atoms with van der Waals surface area (Å²) >= 11 is 0. The van der Waals surface area contributed by atoms with Crippen molar-refractivity contribution in [3.63, 3.8) is 0 Å². The highest BCUT2D eigenvalue weighted by molar-refractivity contribution is 7.89. The van der Waals surface area contributed by atoms with Gasteiger partial charge in [-0.3, -0.25) is 4.79 Å². The summed E-state index contributed by atoms with van der Waals surface area (Å²) in [6, 6.07) is 12.7. The summed E-state index contributed by atoms with van der Waals surface area (Å²) in [4.78, 5) is 12.1. The van der Waals surface area contributed by atoms with Crippen LogP contribution in [0.4, 0.5) is 4.39 Å². The molecule has 1 N–H and O–H groups in total. The number of halogens is 1. The van der Waals surface area contributed by atoms with E-state index in [-0.39, 0.29) is 17.5 Å². The molecule has 2 aromatic carbocycles. The van der Waals surface area contributed by atoms with Crippen molar-refractivity contribution in [2.45, 2.75) is 12.2 Å². The third-order valence-electron chi connectivity index (χ3n) is 3.23. The zero-order valence-electron chi connectivity index (χ0n) is 12.8. The minimum atomic E-state index is -3.14. The second kappa shape index (κ2) is 7.37. The van der Waals surface area contributed by atoms with Crippen molar-refractivity contribution in [2.24, 2.45) is 0 Å². The minimum Gasteiger partial charge on any atom is -0.352 e. The molecule has 1 amide bonds. The quantitative estimate of drug-likeness (QED) is 0.881. The number of nitrogens with one attached hydrogen (secondary N) is 1. The lowest BCUT2D eigenvalue weighted by atomic mass is 10.1. The molecular weight excluding hydrogens is 317 g/mol. The van der Waals surface area contributed by atoms with E-state index in [4.69, 9.17) is 0 Å². The van der Waals surface area contributed by atoms with Gasteiger partial charge in [0.05, 0.1) is 5.75 Å². The maximum atomic E-state index is 12.8. The van der Waals surface area contributed by atoms with Gasteiger partial charge in [0, 0.05) is 18.4 Å². The number of benzene rings is 2. The van der Waals surface area contributed by atoms with E-state index in [0.717, 1.165) is 11.8 Å². The molecule has 23 heavy (non-hydrogen) atoms. The van der Waals surface area contributed by atoms with E-state index in [1.54, 1.807) is 36.4 Å². The maximum Gasteiger partial charge on any atom is 0.251 e. The molecule has 4 nitrogen and oxygen atoms in total. The first-order chi connectivity index (χ1) is 10.8. The molecule has 0 bridgehead atoms. The predicted molar refractivity (Wildman–Crippen MR) is 87.4 cm³/mol. The molecule has 0 fully saturated rings. The van der Waals surface area contributed by atoms with Gasteiger partial charge in [-0.15, -0.1) is 0 Å². The fourth-order valence-electron chi connectivity index (χ4n) is 2.18. The molecule has 0 spiro atoms. The van der Waals surface area contributed by atoms with Crippen LogP contribution in [0.15, 0.2) is 48.5 Å². The first-order valence-electron chi connectivity index (χ1n) is 7.13. The van der Waals surface area contributed by atoms with Crippen molar-refractivity contribution < 1.29 is 17.6 Å². The Balaban J connectivity index is 1.93. The van der Waals surface area contributed by atoms with E-state index in [1.165, 1.54) is 12.1 Å². The number of carbonyl (C=O) groups excluding carboxylic acids is 1. The number of sulfone groups is 1. The molecule has 0 aliphatic carbocycles. The molecule has 0 aromatic heterocycles. The molecule has 0 atom stereocenters. The van der Waals surface area contributed by atoms with E-state index < -0.39 is 9.84 Å². The summed E-state index contributed by atoms with van der Waals surface area (Å²) < 4.78 is 35.4. The Morgan fingerprint density at radius 2 is 1.78 bits per heavy atom. The third kappa shape index (κ3) is 5.83. The summed E-state index contributed by atoms with van der Waals surface area (Å²) in [5.41, 5.74) is 1.93. The Labute approximate surface area is 135 Å². The molecule has 2 rings (SSSR count). The van der Waals surface area contributed by atoms with Gasteiger partial charge in [-0.05, 0) is 41.8 Å². The Kier molecular flexibility index (Phi) is 5.50. The zero-order chi connectivity index (χ0) is 16.9. The lowest BCUT2D eigenvalue weighted by Crippen LogP contribution is -2.25. The average molecular weight is 335 g/mol. The van der Waals surface area contributed by atoms with Crippen LogP contribution in [0.2, 0.25) is 0 Å². The van der Waals surface area contributed by atoms with Crippen molar-refractivity contribution in [1.29, 1.82) is 0 Å². The normalized spacial score (nSPS) is 11.2. The Bertz CT molecular complexity index is 786. The summed E-state index contributed by atoms with van der Waals surface area (Å²) in [7, 11) is -3.14. The van der Waals surface area contributed by atoms with Gasteiger partial charge in [-0.25, -0.2) is 12.8 Å². The molecule has 0 saturated heterocycles. The minimum absolute atomic E-state index is 0.0936. The van der Waals surface area contributed by atoms with Gasteiger partial charge in [0.1, 0.15) is 5.82 Å². The van der Waals surface area contributed by atoms with E-state index in [0.29, 0.717) is 24.1 Å². The first kappa shape index (κ1) is 17.1. The molecule has 0 radical (unpaired) electrons.